The first-order valence-corrected chi connectivity index (χ1v) is 7.39. The number of rotatable bonds is 4. The predicted molar refractivity (Wildman–Crippen MR) is 81.1 cm³/mol. The Morgan fingerprint density at radius 2 is 1.95 bits per heavy atom. The van der Waals surface area contributed by atoms with Crippen LogP contribution in [0.5, 0.6) is 0 Å². The van der Waals surface area contributed by atoms with E-state index in [-0.39, 0.29) is 11.8 Å². The van der Waals surface area contributed by atoms with Crippen molar-refractivity contribution in [2.75, 3.05) is 5.73 Å². The molecule has 1 aliphatic rings. The molecule has 1 saturated carbocycles. The summed E-state index contributed by atoms with van der Waals surface area (Å²) in [6, 6.07) is 4.20. The molecule has 0 bridgehead atoms. The Kier molecular flexibility index (Phi) is 4.83. The molecule has 1 fully saturated rings. The molecule has 21 heavy (non-hydrogen) atoms. The van der Waals surface area contributed by atoms with E-state index in [1.165, 1.54) is 0 Å². The zero-order valence-electron chi connectivity index (χ0n) is 12.3. The third-order valence-electron chi connectivity index (χ3n) is 4.22. The van der Waals surface area contributed by atoms with Crippen molar-refractivity contribution in [2.24, 2.45) is 5.92 Å². The lowest BCUT2D eigenvalue weighted by molar-refractivity contribution is -0.141. The highest BCUT2D eigenvalue weighted by Crippen LogP contribution is 2.27. The van der Waals surface area contributed by atoms with E-state index in [0.717, 1.165) is 37.7 Å². The van der Waals surface area contributed by atoms with Gasteiger partial charge in [0.25, 0.3) is 5.91 Å². The van der Waals surface area contributed by atoms with Crippen LogP contribution in [0.15, 0.2) is 18.2 Å². The molecule has 0 radical (unpaired) electrons. The number of carboxylic acid groups (broad SMARTS) is 1. The Morgan fingerprint density at radius 1 is 1.29 bits per heavy atom. The zero-order valence-corrected chi connectivity index (χ0v) is 12.3. The molecular formula is C16H22N2O3. The number of aliphatic carboxylic acids is 1. The molecule has 1 amide bonds. The summed E-state index contributed by atoms with van der Waals surface area (Å²) in [7, 11) is 0. The van der Waals surface area contributed by atoms with Gasteiger partial charge in [0.05, 0.1) is 0 Å². The number of carbonyl (C=O) groups excluding carboxylic acids is 1. The van der Waals surface area contributed by atoms with Crippen LogP contribution in [0.2, 0.25) is 0 Å². The lowest BCUT2D eigenvalue weighted by Gasteiger charge is -2.28. The molecular weight excluding hydrogens is 268 g/mol. The van der Waals surface area contributed by atoms with Crippen LogP contribution in [0.4, 0.5) is 5.69 Å². The summed E-state index contributed by atoms with van der Waals surface area (Å²) in [6.07, 6.45) is 4.91. The highest BCUT2D eigenvalue weighted by Gasteiger charge is 2.30. The van der Waals surface area contributed by atoms with Crippen molar-refractivity contribution in [1.29, 1.82) is 0 Å². The van der Waals surface area contributed by atoms with Gasteiger partial charge in [-0.15, -0.1) is 0 Å². The monoisotopic (exact) mass is 290 g/mol. The van der Waals surface area contributed by atoms with Crippen molar-refractivity contribution in [1.82, 2.24) is 5.32 Å². The van der Waals surface area contributed by atoms with Crippen molar-refractivity contribution in [2.45, 2.75) is 45.1 Å². The van der Waals surface area contributed by atoms with Gasteiger partial charge >= 0.3 is 5.97 Å². The molecule has 114 valence electrons. The molecule has 4 N–H and O–H groups in total. The zero-order chi connectivity index (χ0) is 15.4. The van der Waals surface area contributed by atoms with E-state index in [9.17, 15) is 14.7 Å². The molecule has 0 aliphatic heterocycles. The maximum atomic E-state index is 12.2. The van der Waals surface area contributed by atoms with E-state index >= 15 is 0 Å². The number of nitrogens with one attached hydrogen (secondary N) is 1. The quantitative estimate of drug-likeness (QED) is 0.742. The molecule has 0 saturated heterocycles. The summed E-state index contributed by atoms with van der Waals surface area (Å²) in [4.78, 5) is 23.7. The van der Waals surface area contributed by atoms with Crippen molar-refractivity contribution >= 4 is 17.6 Å². The first-order chi connectivity index (χ1) is 9.99. The summed E-state index contributed by atoms with van der Waals surface area (Å²) < 4.78 is 0. The largest absolute Gasteiger partial charge is 0.480 e. The number of aryl methyl sites for hydroxylation is 1. The Labute approximate surface area is 124 Å². The standard InChI is InChI=1S/C16H22N2O3/c1-10-7-8-12(9-13(10)17)15(19)18-14(16(20)21)11-5-3-2-4-6-11/h7-9,11,14H,2-6,17H2,1H3,(H,18,19)(H,20,21). The Morgan fingerprint density at radius 3 is 2.52 bits per heavy atom. The third kappa shape index (κ3) is 3.74. The fourth-order valence-electron chi connectivity index (χ4n) is 2.86. The van der Waals surface area contributed by atoms with Gasteiger partial charge in [0.1, 0.15) is 6.04 Å². The second-order valence-corrected chi connectivity index (χ2v) is 5.76. The van der Waals surface area contributed by atoms with E-state index in [1.54, 1.807) is 18.2 Å². The van der Waals surface area contributed by atoms with Gasteiger partial charge < -0.3 is 16.2 Å². The molecule has 5 heteroatoms. The Balaban J connectivity index is 2.10. The molecule has 1 aromatic rings. The predicted octanol–water partition coefficient (Wildman–Crippen LogP) is 2.34. The summed E-state index contributed by atoms with van der Waals surface area (Å²) in [5.41, 5.74) is 7.63. The number of amides is 1. The molecule has 2 rings (SSSR count). The van der Waals surface area contributed by atoms with E-state index < -0.39 is 12.0 Å². The second kappa shape index (κ2) is 6.61. The minimum absolute atomic E-state index is 0.0167. The Hall–Kier alpha value is -2.04. The molecule has 1 aliphatic carbocycles. The average Bonchev–Trinajstić information content (AvgIpc) is 2.48. The number of nitrogen functional groups attached to an aromatic ring is 1. The minimum atomic E-state index is -0.963. The fourth-order valence-corrected chi connectivity index (χ4v) is 2.86. The van der Waals surface area contributed by atoms with Gasteiger partial charge in [0.2, 0.25) is 0 Å². The van der Waals surface area contributed by atoms with Crippen molar-refractivity contribution in [3.8, 4) is 0 Å². The van der Waals surface area contributed by atoms with Crippen LogP contribution < -0.4 is 11.1 Å². The van der Waals surface area contributed by atoms with Gasteiger partial charge in [-0.1, -0.05) is 25.3 Å². The van der Waals surface area contributed by atoms with Crippen LogP contribution >= 0.6 is 0 Å². The third-order valence-corrected chi connectivity index (χ3v) is 4.22. The highest BCUT2D eigenvalue weighted by molar-refractivity contribution is 5.97. The van der Waals surface area contributed by atoms with Crippen LogP contribution in [0, 0.1) is 12.8 Å². The fraction of sp³-hybridized carbons (Fsp3) is 0.500. The first-order valence-electron chi connectivity index (χ1n) is 7.39. The molecule has 0 heterocycles. The van der Waals surface area contributed by atoms with Crippen molar-refractivity contribution in [3.05, 3.63) is 29.3 Å². The number of benzene rings is 1. The lowest BCUT2D eigenvalue weighted by Crippen LogP contribution is -2.46. The van der Waals surface area contributed by atoms with E-state index in [1.807, 2.05) is 6.92 Å². The highest BCUT2D eigenvalue weighted by atomic mass is 16.4. The van der Waals surface area contributed by atoms with Gasteiger partial charge in [-0.25, -0.2) is 4.79 Å². The van der Waals surface area contributed by atoms with Gasteiger partial charge in [0, 0.05) is 11.3 Å². The smallest absolute Gasteiger partial charge is 0.326 e. The minimum Gasteiger partial charge on any atom is -0.480 e. The number of hydrogen-bond acceptors (Lipinski definition) is 3. The van der Waals surface area contributed by atoms with Gasteiger partial charge in [-0.3, -0.25) is 4.79 Å². The molecule has 5 nitrogen and oxygen atoms in total. The van der Waals surface area contributed by atoms with Crippen molar-refractivity contribution in [3.63, 3.8) is 0 Å². The maximum absolute atomic E-state index is 12.2. The van der Waals surface area contributed by atoms with Gasteiger partial charge in [-0.2, -0.15) is 0 Å². The van der Waals surface area contributed by atoms with Crippen LogP contribution in [-0.2, 0) is 4.79 Å². The summed E-state index contributed by atoms with van der Waals surface area (Å²) in [6.45, 7) is 1.86. The number of anilines is 1. The average molecular weight is 290 g/mol. The topological polar surface area (TPSA) is 92.4 Å². The van der Waals surface area contributed by atoms with E-state index in [0.29, 0.717) is 11.3 Å². The van der Waals surface area contributed by atoms with E-state index in [4.69, 9.17) is 5.73 Å². The second-order valence-electron chi connectivity index (χ2n) is 5.76. The number of carbonyl (C=O) groups is 2. The lowest BCUT2D eigenvalue weighted by atomic mass is 9.84. The maximum Gasteiger partial charge on any atom is 0.326 e. The SMILES string of the molecule is Cc1ccc(C(=O)NC(C(=O)O)C2CCCCC2)cc1N. The van der Waals surface area contributed by atoms with Crippen LogP contribution in [-0.4, -0.2) is 23.0 Å². The molecule has 1 unspecified atom stereocenters. The number of nitrogens with two attached hydrogens (primary N) is 1. The Bertz CT molecular complexity index is 536. The molecule has 0 aromatic heterocycles. The van der Waals surface area contributed by atoms with E-state index in [2.05, 4.69) is 5.32 Å². The van der Waals surface area contributed by atoms with Crippen LogP contribution in [0.25, 0.3) is 0 Å². The van der Waals surface area contributed by atoms with Crippen molar-refractivity contribution < 1.29 is 14.7 Å². The summed E-state index contributed by atoms with van der Waals surface area (Å²) in [5.74, 6) is -1.32. The van der Waals surface area contributed by atoms with Crippen LogP contribution in [0.3, 0.4) is 0 Å². The number of hydrogen-bond donors (Lipinski definition) is 3. The molecule has 0 spiro atoms. The summed E-state index contributed by atoms with van der Waals surface area (Å²) >= 11 is 0. The van der Waals surface area contributed by atoms with Gasteiger partial charge in [-0.05, 0) is 43.4 Å². The van der Waals surface area contributed by atoms with Gasteiger partial charge in [0.15, 0.2) is 0 Å². The first kappa shape index (κ1) is 15.4. The number of carboxylic acids is 1. The van der Waals surface area contributed by atoms with Crippen LogP contribution in [0.1, 0.15) is 48.0 Å². The molecule has 1 aromatic carbocycles. The summed E-state index contributed by atoms with van der Waals surface area (Å²) in [5, 5.41) is 12.0. The normalized spacial score (nSPS) is 17.2. The molecule has 1 atom stereocenters.